The predicted molar refractivity (Wildman–Crippen MR) is 148 cm³/mol. The molecule has 3 N–H and O–H groups in total. The van der Waals surface area contributed by atoms with Gasteiger partial charge in [-0.25, -0.2) is 23.4 Å². The van der Waals surface area contributed by atoms with Gasteiger partial charge in [-0.1, -0.05) is 24.3 Å². The molecule has 5 rings (SSSR count). The van der Waals surface area contributed by atoms with Gasteiger partial charge in [0, 0.05) is 23.4 Å². The fourth-order valence-corrected chi connectivity index (χ4v) is 5.27. The third-order valence-corrected chi connectivity index (χ3v) is 7.52. The maximum Gasteiger partial charge on any atom is 0.434 e. The van der Waals surface area contributed by atoms with Crippen molar-refractivity contribution < 1.29 is 31.6 Å². The van der Waals surface area contributed by atoms with Crippen molar-refractivity contribution in [1.29, 1.82) is 0 Å². The first kappa shape index (κ1) is 28.4. The van der Waals surface area contributed by atoms with E-state index in [1.54, 1.807) is 31.2 Å². The maximum absolute atomic E-state index is 13.5. The number of benzene rings is 2. The number of nitrogens with zero attached hydrogens (tertiary/aromatic N) is 4. The second-order valence-electron chi connectivity index (χ2n) is 9.06. The molecule has 42 heavy (non-hydrogen) atoms. The van der Waals surface area contributed by atoms with E-state index in [-0.39, 0.29) is 21.8 Å². The minimum Gasteiger partial charge on any atom is -0.288 e. The number of pyridine rings is 1. The molecule has 0 aliphatic heterocycles. The number of imidazole rings is 1. The van der Waals surface area contributed by atoms with Gasteiger partial charge in [-0.2, -0.15) is 18.3 Å². The van der Waals surface area contributed by atoms with Crippen LogP contribution >= 0.6 is 0 Å². The van der Waals surface area contributed by atoms with Gasteiger partial charge < -0.3 is 0 Å². The molecule has 0 atom stereocenters. The van der Waals surface area contributed by atoms with E-state index >= 15 is 0 Å². The van der Waals surface area contributed by atoms with Gasteiger partial charge in [0.2, 0.25) is 0 Å². The largest absolute Gasteiger partial charge is 0.434 e. The lowest BCUT2D eigenvalue weighted by Gasteiger charge is -2.12. The molecule has 0 unspecified atom stereocenters. The molecule has 3 heterocycles. The predicted octanol–water partition coefficient (Wildman–Crippen LogP) is 5.10. The van der Waals surface area contributed by atoms with Gasteiger partial charge in [-0.05, 0) is 66.6 Å². The van der Waals surface area contributed by atoms with Crippen molar-refractivity contribution in [3.05, 3.63) is 102 Å². The molecule has 1 amide bonds. The zero-order chi connectivity index (χ0) is 30.1. The minimum absolute atomic E-state index is 0.0540. The van der Waals surface area contributed by atoms with E-state index in [0.717, 1.165) is 12.3 Å². The zero-order valence-electron chi connectivity index (χ0n) is 21.7. The number of nitrogens with one attached hydrogen (secondary N) is 2. The summed E-state index contributed by atoms with van der Waals surface area (Å²) in [6.45, 7) is 1.72. The third-order valence-electron chi connectivity index (χ3n) is 6.16. The smallest absolute Gasteiger partial charge is 0.288 e. The summed E-state index contributed by atoms with van der Waals surface area (Å²) in [6, 6.07) is 16.5. The molecule has 0 saturated heterocycles. The number of alkyl halides is 3. The Bertz CT molecular complexity index is 1960. The first-order valence-electron chi connectivity index (χ1n) is 12.2. The molecule has 0 spiro atoms. The van der Waals surface area contributed by atoms with Crippen molar-refractivity contribution in [3.8, 4) is 22.5 Å². The van der Waals surface area contributed by atoms with E-state index in [9.17, 15) is 26.4 Å². The average Bonchev–Trinajstić information content (AvgIpc) is 3.40. The highest BCUT2D eigenvalue weighted by molar-refractivity contribution is 7.92. The summed E-state index contributed by atoms with van der Waals surface area (Å²) in [5.74, 6) is -0.768. The summed E-state index contributed by atoms with van der Waals surface area (Å²) in [7, 11) is -4.05. The Balaban J connectivity index is 1.45. The van der Waals surface area contributed by atoms with E-state index in [2.05, 4.69) is 19.8 Å². The fourth-order valence-electron chi connectivity index (χ4n) is 4.09. The van der Waals surface area contributed by atoms with Crippen molar-refractivity contribution in [1.82, 2.24) is 25.1 Å². The van der Waals surface area contributed by atoms with Gasteiger partial charge in [0.15, 0.2) is 11.3 Å². The van der Waals surface area contributed by atoms with Gasteiger partial charge in [-0.3, -0.25) is 19.7 Å². The Labute approximate surface area is 237 Å². The quantitative estimate of drug-likeness (QED) is 0.135. The molecular formula is C28H21F3N6O4S. The van der Waals surface area contributed by atoms with Crippen molar-refractivity contribution in [2.45, 2.75) is 18.0 Å². The number of amides is 1. The Kier molecular flexibility index (Phi) is 7.49. The number of hydroxylamine groups is 1. The molecular weight excluding hydrogens is 573 g/mol. The summed E-state index contributed by atoms with van der Waals surface area (Å²) in [6.07, 6.45) is 0.330. The molecule has 10 nitrogen and oxygen atoms in total. The van der Waals surface area contributed by atoms with Crippen LogP contribution in [0.15, 0.2) is 90.1 Å². The van der Waals surface area contributed by atoms with Crippen molar-refractivity contribution in [2.24, 2.45) is 0 Å². The number of sulfonamides is 1. The van der Waals surface area contributed by atoms with Gasteiger partial charge in [-0.15, -0.1) is 0 Å². The Morgan fingerprint density at radius 3 is 2.60 bits per heavy atom. The number of hydrogen-bond acceptors (Lipinski definition) is 7. The lowest BCUT2D eigenvalue weighted by atomic mass is 10.1. The molecule has 5 aromatic rings. The molecule has 0 saturated carbocycles. The Morgan fingerprint density at radius 2 is 1.83 bits per heavy atom. The summed E-state index contributed by atoms with van der Waals surface area (Å²) in [4.78, 5) is 19.2. The molecule has 0 fully saturated rings. The molecule has 0 bridgehead atoms. The monoisotopic (exact) mass is 594 g/mol. The van der Waals surface area contributed by atoms with Gasteiger partial charge >= 0.3 is 6.18 Å². The van der Waals surface area contributed by atoms with Crippen molar-refractivity contribution in [3.63, 3.8) is 0 Å². The van der Waals surface area contributed by atoms with Crippen LogP contribution in [0.4, 0.5) is 18.9 Å². The van der Waals surface area contributed by atoms with Crippen LogP contribution in [0.3, 0.4) is 0 Å². The van der Waals surface area contributed by atoms with E-state index in [1.165, 1.54) is 64.7 Å². The van der Waals surface area contributed by atoms with Crippen molar-refractivity contribution >= 4 is 33.3 Å². The van der Waals surface area contributed by atoms with E-state index in [4.69, 9.17) is 5.21 Å². The van der Waals surface area contributed by atoms with E-state index < -0.39 is 27.8 Å². The standard InChI is InChI=1S/C28H21F3N6O4S/c1-17-7-9-19(15-23(17)36-42(40,41)20-5-2-4-18(14-20)8-12-26(38)35-39)24-16-37-25(33-24)11-10-22(34-37)21-6-3-13-32-27(21)28(29,30)31/h2-16,36,39H,1H3,(H,35,38). The number of aryl methyl sites for hydroxylation is 1. The molecule has 214 valence electrons. The second-order valence-corrected chi connectivity index (χ2v) is 10.7. The minimum atomic E-state index is -4.66. The van der Waals surface area contributed by atoms with Crippen LogP contribution in [0.1, 0.15) is 16.8 Å². The zero-order valence-corrected chi connectivity index (χ0v) is 22.5. The van der Waals surface area contributed by atoms with Crippen LogP contribution in [0.2, 0.25) is 0 Å². The first-order chi connectivity index (χ1) is 19.9. The highest BCUT2D eigenvalue weighted by Crippen LogP contribution is 2.35. The van der Waals surface area contributed by atoms with Crippen LogP contribution in [0.5, 0.6) is 0 Å². The van der Waals surface area contributed by atoms with Crippen LogP contribution in [-0.2, 0) is 21.0 Å². The van der Waals surface area contributed by atoms with Crippen LogP contribution in [0.25, 0.3) is 34.2 Å². The number of fused-ring (bicyclic) bond motifs is 1. The normalized spacial score (nSPS) is 12.1. The van der Waals surface area contributed by atoms with E-state index in [0.29, 0.717) is 28.0 Å². The maximum atomic E-state index is 13.5. The Morgan fingerprint density at radius 1 is 1.02 bits per heavy atom. The molecule has 2 aromatic carbocycles. The number of hydrogen-bond donors (Lipinski definition) is 3. The summed E-state index contributed by atoms with van der Waals surface area (Å²) in [5, 5.41) is 12.9. The highest BCUT2D eigenvalue weighted by atomic mass is 32.2. The SMILES string of the molecule is Cc1ccc(-c2cn3nc(-c4cccnc4C(F)(F)F)ccc3n2)cc1NS(=O)(=O)c1cccc(C=CC(=O)NO)c1. The number of halogens is 3. The molecule has 0 aliphatic carbocycles. The fraction of sp³-hybridized carbons (Fsp3) is 0.0714. The lowest BCUT2D eigenvalue weighted by Crippen LogP contribution is -2.15. The lowest BCUT2D eigenvalue weighted by molar-refractivity contribution is -0.140. The second kappa shape index (κ2) is 11.1. The summed E-state index contributed by atoms with van der Waals surface area (Å²) < 4.78 is 70.7. The highest BCUT2D eigenvalue weighted by Gasteiger charge is 2.35. The molecule has 0 radical (unpaired) electrons. The molecule has 3 aromatic heterocycles. The number of carbonyl (C=O) groups excluding carboxylic acids is 1. The third kappa shape index (κ3) is 5.99. The number of aromatic nitrogens is 4. The van der Waals surface area contributed by atoms with Gasteiger partial charge in [0.1, 0.15) is 0 Å². The molecule has 0 aliphatic rings. The number of carbonyl (C=O) groups is 1. The van der Waals surface area contributed by atoms with Gasteiger partial charge in [0.05, 0.1) is 28.2 Å². The summed E-state index contributed by atoms with van der Waals surface area (Å²) in [5.41, 5.74) is 2.92. The van der Waals surface area contributed by atoms with Crippen LogP contribution < -0.4 is 10.2 Å². The average molecular weight is 595 g/mol. The number of rotatable bonds is 7. The topological polar surface area (TPSA) is 139 Å². The Hall–Kier alpha value is -5.08. The van der Waals surface area contributed by atoms with Crippen LogP contribution in [-0.4, -0.2) is 39.1 Å². The number of anilines is 1. The van der Waals surface area contributed by atoms with E-state index in [1.807, 2.05) is 0 Å². The first-order valence-corrected chi connectivity index (χ1v) is 13.7. The van der Waals surface area contributed by atoms with Crippen LogP contribution in [0, 0.1) is 6.92 Å². The van der Waals surface area contributed by atoms with Crippen molar-refractivity contribution in [2.75, 3.05) is 4.72 Å². The van der Waals surface area contributed by atoms with Gasteiger partial charge in [0.25, 0.3) is 15.9 Å². The summed E-state index contributed by atoms with van der Waals surface area (Å²) >= 11 is 0. The molecule has 14 heteroatoms.